The quantitative estimate of drug-likeness (QED) is 0.445. The maximum absolute atomic E-state index is 9.83. The van der Waals surface area contributed by atoms with E-state index in [1.165, 1.54) is 0 Å². The minimum Gasteiger partial charge on any atom is -0.494 e. The van der Waals surface area contributed by atoms with Crippen LogP contribution in [0, 0.1) is 22.7 Å². The van der Waals surface area contributed by atoms with Gasteiger partial charge in [-0.05, 0) is 48.2 Å². The maximum Gasteiger partial charge on any atom is 0.119 e. The van der Waals surface area contributed by atoms with Gasteiger partial charge in [0.2, 0.25) is 0 Å². The molecule has 0 radical (unpaired) electrons. The van der Waals surface area contributed by atoms with Crippen LogP contribution in [0.3, 0.4) is 0 Å². The fourth-order valence-corrected chi connectivity index (χ4v) is 3.22. The molecule has 0 heterocycles. The Labute approximate surface area is 177 Å². The minimum atomic E-state index is 0.378. The van der Waals surface area contributed by atoms with Crippen molar-refractivity contribution in [2.75, 3.05) is 13.2 Å². The lowest BCUT2D eigenvalue weighted by atomic mass is 9.90. The Hall–Kier alpha value is -3.76. The van der Waals surface area contributed by atoms with E-state index in [1.54, 1.807) is 0 Å². The number of hydrogen-bond acceptors (Lipinski definition) is 4. The lowest BCUT2D eigenvalue weighted by Gasteiger charge is -2.12. The van der Waals surface area contributed by atoms with Gasteiger partial charge in [-0.2, -0.15) is 10.5 Å². The van der Waals surface area contributed by atoms with Gasteiger partial charge in [0, 0.05) is 11.1 Å². The highest BCUT2D eigenvalue weighted by Crippen LogP contribution is 2.34. The monoisotopic (exact) mass is 396 g/mol. The lowest BCUT2D eigenvalue weighted by molar-refractivity contribution is 0.317. The van der Waals surface area contributed by atoms with Crippen molar-refractivity contribution in [3.05, 3.63) is 71.8 Å². The first-order valence-electron chi connectivity index (χ1n) is 10.2. The summed E-state index contributed by atoms with van der Waals surface area (Å²) in [5.41, 5.74) is 3.99. The van der Waals surface area contributed by atoms with Gasteiger partial charge in [0.05, 0.1) is 24.3 Å². The average molecular weight is 396 g/mol. The van der Waals surface area contributed by atoms with Gasteiger partial charge in [-0.1, -0.05) is 50.2 Å². The van der Waals surface area contributed by atoms with Crippen LogP contribution in [-0.2, 0) is 0 Å². The Morgan fingerprint density at radius 2 is 0.967 bits per heavy atom. The van der Waals surface area contributed by atoms with Gasteiger partial charge in [0.25, 0.3) is 0 Å². The molecular weight excluding hydrogens is 372 g/mol. The maximum atomic E-state index is 9.83. The molecule has 0 atom stereocenters. The Balaban J connectivity index is 1.97. The molecule has 3 aromatic rings. The number of rotatable bonds is 8. The Morgan fingerprint density at radius 3 is 1.27 bits per heavy atom. The zero-order valence-corrected chi connectivity index (χ0v) is 17.3. The predicted molar refractivity (Wildman–Crippen MR) is 118 cm³/mol. The lowest BCUT2D eigenvalue weighted by Crippen LogP contribution is -1.96. The number of hydrogen-bond donors (Lipinski definition) is 0. The highest BCUT2D eigenvalue weighted by Gasteiger charge is 2.16. The standard InChI is InChI=1S/C26H24N2O2/c1-3-15-29-21-9-5-19(6-10-21)23-13-14-24(26(18-28)25(23)17-27)20-7-11-22(12-8-20)30-16-4-2/h5-14H,3-4,15-16H2,1-2H3. The molecule has 0 aliphatic carbocycles. The van der Waals surface area contributed by atoms with Gasteiger partial charge in [0.1, 0.15) is 23.6 Å². The molecule has 4 nitrogen and oxygen atoms in total. The Bertz CT molecular complexity index is 984. The fraction of sp³-hybridized carbons (Fsp3) is 0.231. The third-order valence-corrected chi connectivity index (χ3v) is 4.71. The van der Waals surface area contributed by atoms with Crippen molar-refractivity contribution in [3.63, 3.8) is 0 Å². The molecule has 3 rings (SSSR count). The molecule has 0 bridgehead atoms. The summed E-state index contributed by atoms with van der Waals surface area (Å²) in [5, 5.41) is 19.7. The van der Waals surface area contributed by atoms with Crippen molar-refractivity contribution in [1.29, 1.82) is 10.5 Å². The summed E-state index contributed by atoms with van der Waals surface area (Å²) in [5.74, 6) is 1.59. The van der Waals surface area contributed by atoms with Gasteiger partial charge in [0.15, 0.2) is 0 Å². The Kier molecular flexibility index (Phi) is 7.09. The second-order valence-electron chi connectivity index (χ2n) is 6.88. The highest BCUT2D eigenvalue weighted by molar-refractivity contribution is 5.82. The van der Waals surface area contributed by atoms with Crippen LogP contribution in [0.2, 0.25) is 0 Å². The molecule has 0 saturated heterocycles. The third kappa shape index (κ3) is 4.62. The molecule has 0 spiro atoms. The van der Waals surface area contributed by atoms with Crippen molar-refractivity contribution in [2.24, 2.45) is 0 Å². The zero-order valence-electron chi connectivity index (χ0n) is 17.3. The second-order valence-corrected chi connectivity index (χ2v) is 6.88. The minimum absolute atomic E-state index is 0.378. The van der Waals surface area contributed by atoms with Crippen molar-refractivity contribution in [2.45, 2.75) is 26.7 Å². The van der Waals surface area contributed by atoms with Crippen molar-refractivity contribution >= 4 is 0 Å². The molecule has 3 aromatic carbocycles. The van der Waals surface area contributed by atoms with Gasteiger partial charge >= 0.3 is 0 Å². The van der Waals surface area contributed by atoms with E-state index in [0.29, 0.717) is 24.3 Å². The van der Waals surface area contributed by atoms with Crippen molar-refractivity contribution < 1.29 is 9.47 Å². The van der Waals surface area contributed by atoms with E-state index in [4.69, 9.17) is 9.47 Å². The van der Waals surface area contributed by atoms with Crippen LogP contribution in [0.15, 0.2) is 60.7 Å². The van der Waals surface area contributed by atoms with E-state index >= 15 is 0 Å². The topological polar surface area (TPSA) is 66.0 Å². The molecule has 0 amide bonds. The summed E-state index contributed by atoms with van der Waals surface area (Å²) < 4.78 is 11.3. The van der Waals surface area contributed by atoms with Crippen LogP contribution in [-0.4, -0.2) is 13.2 Å². The molecule has 0 N–H and O–H groups in total. The van der Waals surface area contributed by atoms with E-state index in [-0.39, 0.29) is 0 Å². The van der Waals surface area contributed by atoms with Crippen LogP contribution >= 0.6 is 0 Å². The number of ether oxygens (including phenoxy) is 2. The summed E-state index contributed by atoms with van der Waals surface area (Å²) in [6, 6.07) is 23.5. The molecule has 0 saturated carbocycles. The molecular formula is C26H24N2O2. The SMILES string of the molecule is CCCOc1ccc(-c2ccc(-c3ccc(OCCC)cc3)c(C#N)c2C#N)cc1. The van der Waals surface area contributed by atoms with Crippen molar-refractivity contribution in [3.8, 4) is 45.9 Å². The summed E-state index contributed by atoms with van der Waals surface area (Å²) in [6.45, 7) is 5.45. The molecule has 0 aliphatic rings. The summed E-state index contributed by atoms with van der Waals surface area (Å²) in [4.78, 5) is 0. The van der Waals surface area contributed by atoms with Crippen LogP contribution in [0.1, 0.15) is 37.8 Å². The average Bonchev–Trinajstić information content (AvgIpc) is 2.81. The Morgan fingerprint density at radius 1 is 0.600 bits per heavy atom. The smallest absolute Gasteiger partial charge is 0.119 e. The van der Waals surface area contributed by atoms with E-state index < -0.39 is 0 Å². The number of benzene rings is 3. The van der Waals surface area contributed by atoms with Gasteiger partial charge in [-0.25, -0.2) is 0 Å². The van der Waals surface area contributed by atoms with Crippen LogP contribution in [0.4, 0.5) is 0 Å². The molecule has 0 fully saturated rings. The highest BCUT2D eigenvalue weighted by atomic mass is 16.5. The first-order chi connectivity index (χ1) is 14.7. The summed E-state index contributed by atoms with van der Waals surface area (Å²) >= 11 is 0. The number of nitriles is 2. The van der Waals surface area contributed by atoms with E-state index in [1.807, 2.05) is 60.7 Å². The molecule has 0 unspecified atom stereocenters. The first-order valence-corrected chi connectivity index (χ1v) is 10.2. The molecule has 150 valence electrons. The van der Waals surface area contributed by atoms with Gasteiger partial charge in [-0.15, -0.1) is 0 Å². The third-order valence-electron chi connectivity index (χ3n) is 4.71. The molecule has 0 aromatic heterocycles. The van der Waals surface area contributed by atoms with E-state index in [9.17, 15) is 10.5 Å². The summed E-state index contributed by atoms with van der Waals surface area (Å²) in [6.07, 6.45) is 1.89. The van der Waals surface area contributed by atoms with Crippen LogP contribution in [0.5, 0.6) is 11.5 Å². The molecule has 30 heavy (non-hydrogen) atoms. The zero-order chi connectivity index (χ0) is 21.3. The molecule has 4 heteroatoms. The normalized spacial score (nSPS) is 10.1. The fourth-order valence-electron chi connectivity index (χ4n) is 3.22. The van der Waals surface area contributed by atoms with Gasteiger partial charge in [-0.3, -0.25) is 0 Å². The molecule has 0 aliphatic heterocycles. The first kappa shape index (κ1) is 21.0. The summed E-state index contributed by atoms with van der Waals surface area (Å²) in [7, 11) is 0. The van der Waals surface area contributed by atoms with Crippen LogP contribution in [0.25, 0.3) is 22.3 Å². The van der Waals surface area contributed by atoms with Gasteiger partial charge < -0.3 is 9.47 Å². The van der Waals surface area contributed by atoms with Crippen molar-refractivity contribution in [1.82, 2.24) is 0 Å². The van der Waals surface area contributed by atoms with Crippen LogP contribution < -0.4 is 9.47 Å². The largest absolute Gasteiger partial charge is 0.494 e. The second kappa shape index (κ2) is 10.1. The van der Waals surface area contributed by atoms with E-state index in [0.717, 1.165) is 46.6 Å². The number of nitrogens with zero attached hydrogens (tertiary/aromatic N) is 2. The van der Waals surface area contributed by atoms with E-state index in [2.05, 4.69) is 26.0 Å². The predicted octanol–water partition coefficient (Wildman–Crippen LogP) is 6.34.